The molecule has 0 saturated heterocycles. The van der Waals surface area contributed by atoms with E-state index < -0.39 is 64.2 Å². The fraction of sp³-hybridized carbons (Fsp3) is 0.333. The molecule has 0 spiro atoms. The van der Waals surface area contributed by atoms with E-state index in [1.807, 2.05) is 0 Å². The number of benzene rings is 2. The van der Waals surface area contributed by atoms with Gasteiger partial charge >= 0.3 is 18.3 Å². The Labute approximate surface area is 187 Å². The Morgan fingerprint density at radius 2 is 1.52 bits per heavy atom. The Morgan fingerprint density at radius 3 is 2.00 bits per heavy atom. The summed E-state index contributed by atoms with van der Waals surface area (Å²) in [6, 6.07) is 7.80. The van der Waals surface area contributed by atoms with Gasteiger partial charge in [-0.2, -0.15) is 26.3 Å². The highest BCUT2D eigenvalue weighted by atomic mass is 32.2. The van der Waals surface area contributed by atoms with Gasteiger partial charge in [0.2, 0.25) is 5.91 Å². The van der Waals surface area contributed by atoms with Crippen molar-refractivity contribution in [1.82, 2.24) is 5.32 Å². The smallest absolute Gasteiger partial charge is 0.416 e. The van der Waals surface area contributed by atoms with Crippen molar-refractivity contribution in [3.05, 3.63) is 65.2 Å². The Balaban J connectivity index is 2.15. The third-order valence-corrected chi connectivity index (χ3v) is 5.84. The number of hydrogen-bond donors (Lipinski definition) is 1. The van der Waals surface area contributed by atoms with Crippen LogP contribution in [0.4, 0.5) is 26.3 Å². The van der Waals surface area contributed by atoms with Crippen LogP contribution >= 0.6 is 0 Å². The Morgan fingerprint density at radius 1 is 0.970 bits per heavy atom. The summed E-state index contributed by atoms with van der Waals surface area (Å²) in [6.07, 6.45) is -11.1. The molecule has 0 unspecified atom stereocenters. The summed E-state index contributed by atoms with van der Waals surface area (Å²) in [5.41, 5.74) is -3.64. The van der Waals surface area contributed by atoms with Gasteiger partial charge in [-0.25, -0.2) is 4.79 Å². The number of methoxy groups -OCH3 is 1. The van der Waals surface area contributed by atoms with Gasteiger partial charge in [0, 0.05) is 10.6 Å². The molecule has 0 aliphatic carbocycles. The van der Waals surface area contributed by atoms with Crippen molar-refractivity contribution in [2.75, 3.05) is 12.9 Å². The van der Waals surface area contributed by atoms with Gasteiger partial charge < -0.3 is 10.1 Å². The van der Waals surface area contributed by atoms with Crippen LogP contribution in [0.25, 0.3) is 0 Å². The molecule has 1 amide bonds. The molecule has 0 aliphatic heterocycles. The number of amides is 1. The number of rotatable bonds is 8. The van der Waals surface area contributed by atoms with Crippen LogP contribution in [0.5, 0.6) is 0 Å². The summed E-state index contributed by atoms with van der Waals surface area (Å²) in [5.74, 6) is -1.94. The first-order valence-electron chi connectivity index (χ1n) is 9.40. The van der Waals surface area contributed by atoms with E-state index in [-0.39, 0.29) is 18.2 Å². The summed E-state index contributed by atoms with van der Waals surface area (Å²) >= 11 is 0. The van der Waals surface area contributed by atoms with Gasteiger partial charge in [-0.3, -0.25) is 9.00 Å². The Hall–Kier alpha value is -2.89. The molecule has 2 aromatic rings. The van der Waals surface area contributed by atoms with Crippen LogP contribution in [0.15, 0.2) is 53.4 Å². The maximum Gasteiger partial charge on any atom is 0.416 e. The molecular formula is C21H19F6NO4S. The minimum Gasteiger partial charge on any atom is -0.467 e. The molecule has 0 bridgehead atoms. The van der Waals surface area contributed by atoms with E-state index in [1.54, 1.807) is 30.3 Å². The molecule has 0 aromatic heterocycles. The van der Waals surface area contributed by atoms with Crippen molar-refractivity contribution in [1.29, 1.82) is 0 Å². The van der Waals surface area contributed by atoms with E-state index in [0.717, 1.165) is 7.11 Å². The number of nitrogens with one attached hydrogen (secondary N) is 1. The molecule has 0 fully saturated rings. The third-order valence-electron chi connectivity index (χ3n) is 4.43. The van der Waals surface area contributed by atoms with Gasteiger partial charge in [0.05, 0.1) is 35.5 Å². The normalized spacial score (nSPS) is 13.8. The van der Waals surface area contributed by atoms with E-state index in [9.17, 15) is 40.1 Å². The van der Waals surface area contributed by atoms with Crippen molar-refractivity contribution in [2.24, 2.45) is 0 Å². The predicted molar refractivity (Wildman–Crippen MR) is 106 cm³/mol. The highest BCUT2D eigenvalue weighted by Gasteiger charge is 2.37. The van der Waals surface area contributed by atoms with Crippen LogP contribution in [0.2, 0.25) is 0 Å². The molecule has 1 N–H and O–H groups in total. The fourth-order valence-corrected chi connectivity index (χ4v) is 4.00. The quantitative estimate of drug-likeness (QED) is 0.442. The zero-order chi connectivity index (χ0) is 24.8. The SMILES string of the molecule is COC(=O)[C@@H](CC[S@@](=O)c1ccccc1)NC(=O)Cc1cc(C(F)(F)F)cc(C(F)(F)F)c1. The molecule has 12 heteroatoms. The first-order valence-corrected chi connectivity index (χ1v) is 10.7. The number of carbonyl (C=O) groups excluding carboxylic acids is 2. The zero-order valence-electron chi connectivity index (χ0n) is 17.1. The van der Waals surface area contributed by atoms with Crippen LogP contribution in [0.3, 0.4) is 0 Å². The first-order chi connectivity index (χ1) is 15.3. The van der Waals surface area contributed by atoms with Crippen molar-refractivity contribution in [3.8, 4) is 0 Å². The maximum atomic E-state index is 13.0. The van der Waals surface area contributed by atoms with Gasteiger partial charge in [-0.1, -0.05) is 18.2 Å². The summed E-state index contributed by atoms with van der Waals surface area (Å²) in [7, 11) is -0.471. The third kappa shape index (κ3) is 7.88. The minimum absolute atomic E-state index is 0.0441. The Bertz CT molecular complexity index is 976. The fourth-order valence-electron chi connectivity index (χ4n) is 2.86. The zero-order valence-corrected chi connectivity index (χ0v) is 17.9. The van der Waals surface area contributed by atoms with Crippen molar-refractivity contribution >= 4 is 22.7 Å². The molecule has 0 radical (unpaired) electrons. The topological polar surface area (TPSA) is 72.5 Å². The second kappa shape index (κ2) is 10.8. The lowest BCUT2D eigenvalue weighted by Crippen LogP contribution is -2.43. The second-order valence-electron chi connectivity index (χ2n) is 6.89. The number of halogens is 6. The van der Waals surface area contributed by atoms with Crippen LogP contribution < -0.4 is 5.32 Å². The van der Waals surface area contributed by atoms with Gasteiger partial charge in [-0.15, -0.1) is 0 Å². The molecule has 33 heavy (non-hydrogen) atoms. The summed E-state index contributed by atoms with van der Waals surface area (Å²) < 4.78 is 94.9. The van der Waals surface area contributed by atoms with E-state index in [4.69, 9.17) is 0 Å². The first kappa shape index (κ1) is 26.4. The van der Waals surface area contributed by atoms with Gasteiger partial charge in [0.1, 0.15) is 6.04 Å². The second-order valence-corrected chi connectivity index (χ2v) is 8.46. The number of hydrogen-bond acceptors (Lipinski definition) is 4. The lowest BCUT2D eigenvalue weighted by atomic mass is 10.0. The summed E-state index contributed by atoms with van der Waals surface area (Å²) in [6.45, 7) is 0. The Kier molecular flexibility index (Phi) is 8.64. The molecule has 2 aromatic carbocycles. The maximum absolute atomic E-state index is 13.0. The number of alkyl halides is 6. The van der Waals surface area contributed by atoms with Crippen molar-refractivity contribution in [3.63, 3.8) is 0 Å². The van der Waals surface area contributed by atoms with E-state index in [0.29, 0.717) is 17.0 Å². The van der Waals surface area contributed by atoms with Crippen molar-refractivity contribution in [2.45, 2.75) is 36.1 Å². The highest BCUT2D eigenvalue weighted by molar-refractivity contribution is 7.85. The van der Waals surface area contributed by atoms with E-state index in [2.05, 4.69) is 10.1 Å². The molecule has 2 atom stereocenters. The molecule has 0 heterocycles. The monoisotopic (exact) mass is 495 g/mol. The number of carbonyl (C=O) groups is 2. The average molecular weight is 495 g/mol. The van der Waals surface area contributed by atoms with Gasteiger partial charge in [0.15, 0.2) is 0 Å². The van der Waals surface area contributed by atoms with Crippen LogP contribution in [-0.2, 0) is 43.9 Å². The number of ether oxygens (including phenoxy) is 1. The molecular weight excluding hydrogens is 476 g/mol. The summed E-state index contributed by atoms with van der Waals surface area (Å²) in [4.78, 5) is 24.8. The minimum atomic E-state index is -5.05. The van der Waals surface area contributed by atoms with Crippen LogP contribution in [0, 0.1) is 0 Å². The highest BCUT2D eigenvalue weighted by Crippen LogP contribution is 2.36. The van der Waals surface area contributed by atoms with Gasteiger partial charge in [0.25, 0.3) is 0 Å². The van der Waals surface area contributed by atoms with Crippen molar-refractivity contribution < 1.29 is 44.9 Å². The van der Waals surface area contributed by atoms with E-state index in [1.165, 1.54) is 0 Å². The molecule has 2 rings (SSSR count). The van der Waals surface area contributed by atoms with E-state index >= 15 is 0 Å². The standard InChI is InChI=1S/C21H19F6NO4S/c1-32-19(30)17(7-8-33(31)16-5-3-2-4-6-16)28-18(29)11-13-9-14(20(22,23)24)12-15(10-13)21(25,26)27/h2-6,9-10,12,17H,7-8,11H2,1H3,(H,28,29)/t17-,33-/m1/s1. The lowest BCUT2D eigenvalue weighted by Gasteiger charge is -2.17. The molecule has 5 nitrogen and oxygen atoms in total. The molecule has 180 valence electrons. The largest absolute Gasteiger partial charge is 0.467 e. The number of esters is 1. The van der Waals surface area contributed by atoms with Crippen LogP contribution in [0.1, 0.15) is 23.1 Å². The summed E-state index contributed by atoms with van der Waals surface area (Å²) in [5, 5.41) is 2.23. The predicted octanol–water partition coefficient (Wildman–Crippen LogP) is 4.12. The van der Waals surface area contributed by atoms with Gasteiger partial charge in [-0.05, 0) is 42.3 Å². The molecule has 0 saturated carbocycles. The average Bonchev–Trinajstić information content (AvgIpc) is 2.75. The molecule has 0 aliphatic rings. The van der Waals surface area contributed by atoms with Crippen LogP contribution in [-0.4, -0.2) is 35.0 Å². The lowest BCUT2D eigenvalue weighted by molar-refractivity contribution is -0.145.